The van der Waals surface area contributed by atoms with Crippen LogP contribution in [-0.2, 0) is 14.3 Å². The van der Waals surface area contributed by atoms with E-state index in [2.05, 4.69) is 32.9 Å². The van der Waals surface area contributed by atoms with E-state index in [4.69, 9.17) is 4.74 Å². The molecule has 0 saturated heterocycles. The van der Waals surface area contributed by atoms with E-state index in [-0.39, 0.29) is 11.8 Å². The van der Waals surface area contributed by atoms with Gasteiger partial charge in [0.25, 0.3) is 0 Å². The summed E-state index contributed by atoms with van der Waals surface area (Å²) in [6.45, 7) is 6.32. The second-order valence-corrected chi connectivity index (χ2v) is 6.26. The Hall–Kier alpha value is -1.38. The zero-order chi connectivity index (χ0) is 15.9. The smallest absolute Gasteiger partial charge is 0.319 e. The third kappa shape index (κ3) is 4.83. The maximum Gasteiger partial charge on any atom is 0.319 e. The summed E-state index contributed by atoms with van der Waals surface area (Å²) >= 11 is 0. The molecule has 1 fully saturated rings. The lowest BCUT2D eigenvalue weighted by Gasteiger charge is -2.23. The Morgan fingerprint density at radius 2 is 1.95 bits per heavy atom. The maximum atomic E-state index is 12.1. The Morgan fingerprint density at radius 1 is 1.24 bits per heavy atom. The Morgan fingerprint density at radius 3 is 2.48 bits per heavy atom. The van der Waals surface area contributed by atoms with Crippen LogP contribution < -0.4 is 0 Å². The Balaban J connectivity index is 2.56. The van der Waals surface area contributed by atoms with Gasteiger partial charge in [-0.2, -0.15) is 0 Å². The molecule has 3 heteroatoms. The van der Waals surface area contributed by atoms with E-state index in [9.17, 15) is 9.59 Å². The number of esters is 1. The third-order valence-electron chi connectivity index (χ3n) is 4.27. The van der Waals surface area contributed by atoms with Crippen LogP contribution in [0.25, 0.3) is 0 Å². The highest BCUT2D eigenvalue weighted by Gasteiger charge is 2.48. The summed E-state index contributed by atoms with van der Waals surface area (Å²) < 4.78 is 4.87. The van der Waals surface area contributed by atoms with Crippen molar-refractivity contribution in [1.82, 2.24) is 0 Å². The number of ketones is 1. The number of rotatable bonds is 7. The first-order valence-electron chi connectivity index (χ1n) is 7.83. The van der Waals surface area contributed by atoms with Crippen molar-refractivity contribution in [1.29, 1.82) is 0 Å². The van der Waals surface area contributed by atoms with Gasteiger partial charge < -0.3 is 4.74 Å². The molecule has 0 aliphatic heterocycles. The van der Waals surface area contributed by atoms with Crippen LogP contribution in [0, 0.1) is 5.41 Å². The van der Waals surface area contributed by atoms with Crippen LogP contribution in [0.3, 0.4) is 0 Å². The van der Waals surface area contributed by atoms with Gasteiger partial charge in [-0.05, 0) is 59.3 Å². The summed E-state index contributed by atoms with van der Waals surface area (Å²) in [4.78, 5) is 24.1. The molecule has 21 heavy (non-hydrogen) atoms. The summed E-state index contributed by atoms with van der Waals surface area (Å²) in [5.41, 5.74) is 1.78. The van der Waals surface area contributed by atoms with Crippen LogP contribution in [0.4, 0.5) is 0 Å². The van der Waals surface area contributed by atoms with Gasteiger partial charge in [0.1, 0.15) is 11.2 Å². The van der Waals surface area contributed by atoms with E-state index in [1.807, 2.05) is 0 Å². The molecular weight excluding hydrogens is 264 g/mol. The standard InChI is InChI=1S/C18H28O3/c1-14(2)8-5-9-15(3)10-6-12-18(17(20)21-4)13-7-11-16(18)19/h8,10H,5-7,9,11-13H2,1-4H3/b15-10+/t18-/m0/s1. The summed E-state index contributed by atoms with van der Waals surface area (Å²) in [7, 11) is 1.37. The van der Waals surface area contributed by atoms with E-state index in [1.54, 1.807) is 0 Å². The van der Waals surface area contributed by atoms with Crippen molar-refractivity contribution in [3.8, 4) is 0 Å². The highest BCUT2D eigenvalue weighted by atomic mass is 16.5. The van der Waals surface area contributed by atoms with Gasteiger partial charge >= 0.3 is 5.97 Å². The maximum absolute atomic E-state index is 12.1. The molecule has 0 aromatic rings. The quantitative estimate of drug-likeness (QED) is 0.397. The van der Waals surface area contributed by atoms with Gasteiger partial charge in [0.2, 0.25) is 0 Å². The highest BCUT2D eigenvalue weighted by Crippen LogP contribution is 2.40. The fourth-order valence-corrected chi connectivity index (χ4v) is 2.96. The number of hydrogen-bond acceptors (Lipinski definition) is 3. The molecule has 118 valence electrons. The van der Waals surface area contributed by atoms with Gasteiger partial charge in [-0.1, -0.05) is 23.3 Å². The summed E-state index contributed by atoms with van der Waals surface area (Å²) in [5.74, 6) is -0.287. The van der Waals surface area contributed by atoms with Crippen molar-refractivity contribution in [2.75, 3.05) is 7.11 Å². The van der Waals surface area contributed by atoms with Gasteiger partial charge in [0, 0.05) is 6.42 Å². The Kier molecular flexibility index (Phi) is 6.86. The Bertz CT molecular complexity index is 441. The minimum Gasteiger partial charge on any atom is -0.468 e. The lowest BCUT2D eigenvalue weighted by atomic mass is 9.80. The molecule has 0 aromatic carbocycles. The second kappa shape index (κ2) is 8.16. The lowest BCUT2D eigenvalue weighted by Crippen LogP contribution is -2.36. The molecule has 0 bridgehead atoms. The molecule has 0 radical (unpaired) electrons. The minimum absolute atomic E-state index is 0.0601. The van der Waals surface area contributed by atoms with Crippen molar-refractivity contribution < 1.29 is 14.3 Å². The average Bonchev–Trinajstić information content (AvgIpc) is 2.80. The molecule has 0 spiro atoms. The molecule has 0 aromatic heterocycles. The van der Waals surface area contributed by atoms with Gasteiger partial charge in [0.05, 0.1) is 7.11 Å². The fourth-order valence-electron chi connectivity index (χ4n) is 2.96. The number of allylic oxidation sites excluding steroid dienone is 4. The molecule has 3 nitrogen and oxygen atoms in total. The van der Waals surface area contributed by atoms with Gasteiger partial charge in [-0.15, -0.1) is 0 Å². The summed E-state index contributed by atoms with van der Waals surface area (Å²) in [6, 6.07) is 0. The van der Waals surface area contributed by atoms with Gasteiger partial charge in [-0.3, -0.25) is 9.59 Å². The number of carbonyl (C=O) groups is 2. The van der Waals surface area contributed by atoms with Crippen LogP contribution in [0.1, 0.15) is 65.7 Å². The minimum atomic E-state index is -0.870. The summed E-state index contributed by atoms with van der Waals surface area (Å²) in [5, 5.41) is 0. The van der Waals surface area contributed by atoms with Crippen molar-refractivity contribution in [2.24, 2.45) is 5.41 Å². The molecule has 1 atom stereocenters. The van der Waals surface area contributed by atoms with Gasteiger partial charge in [-0.25, -0.2) is 0 Å². The number of methoxy groups -OCH3 is 1. The molecule has 0 N–H and O–H groups in total. The number of Topliss-reactive ketones (excluding diaryl/α,β-unsaturated/α-hetero) is 1. The Labute approximate surface area is 128 Å². The number of hydrogen-bond donors (Lipinski definition) is 0. The fraction of sp³-hybridized carbons (Fsp3) is 0.667. The van der Waals surface area contributed by atoms with Crippen molar-refractivity contribution in [2.45, 2.75) is 65.7 Å². The SMILES string of the molecule is COC(=O)[C@@]1(CC/C=C(\C)CCC=C(C)C)CCCC1=O. The first-order valence-corrected chi connectivity index (χ1v) is 7.83. The third-order valence-corrected chi connectivity index (χ3v) is 4.27. The molecule has 1 saturated carbocycles. The summed E-state index contributed by atoms with van der Waals surface area (Å²) in [6.07, 6.45) is 9.78. The van der Waals surface area contributed by atoms with E-state index >= 15 is 0 Å². The lowest BCUT2D eigenvalue weighted by molar-refractivity contribution is -0.156. The van der Waals surface area contributed by atoms with Gasteiger partial charge in [0.15, 0.2) is 0 Å². The van der Waals surface area contributed by atoms with E-state index < -0.39 is 5.41 Å². The topological polar surface area (TPSA) is 43.4 Å². The van der Waals surface area contributed by atoms with Crippen molar-refractivity contribution in [3.63, 3.8) is 0 Å². The number of ether oxygens (including phenoxy) is 1. The number of carbonyl (C=O) groups excluding carboxylic acids is 2. The molecule has 1 aliphatic rings. The zero-order valence-corrected chi connectivity index (χ0v) is 13.8. The van der Waals surface area contributed by atoms with Crippen molar-refractivity contribution >= 4 is 11.8 Å². The largest absolute Gasteiger partial charge is 0.468 e. The van der Waals surface area contributed by atoms with Crippen LogP contribution in [0.2, 0.25) is 0 Å². The van der Waals surface area contributed by atoms with E-state index in [0.29, 0.717) is 19.3 Å². The van der Waals surface area contributed by atoms with Crippen LogP contribution in [0.15, 0.2) is 23.3 Å². The average molecular weight is 292 g/mol. The van der Waals surface area contributed by atoms with E-state index in [0.717, 1.165) is 25.7 Å². The predicted octanol–water partition coefficient (Wildman–Crippen LogP) is 4.37. The molecule has 1 aliphatic carbocycles. The molecule has 0 heterocycles. The zero-order valence-electron chi connectivity index (χ0n) is 13.8. The normalized spacial score (nSPS) is 22.3. The first kappa shape index (κ1) is 17.7. The highest BCUT2D eigenvalue weighted by molar-refractivity contribution is 6.05. The molecule has 1 rings (SSSR count). The van der Waals surface area contributed by atoms with E-state index in [1.165, 1.54) is 18.3 Å². The van der Waals surface area contributed by atoms with Crippen LogP contribution >= 0.6 is 0 Å². The molecule has 0 unspecified atom stereocenters. The predicted molar refractivity (Wildman–Crippen MR) is 85.0 cm³/mol. The van der Waals surface area contributed by atoms with Crippen molar-refractivity contribution in [3.05, 3.63) is 23.3 Å². The van der Waals surface area contributed by atoms with Crippen LogP contribution in [0.5, 0.6) is 0 Å². The second-order valence-electron chi connectivity index (χ2n) is 6.26. The first-order chi connectivity index (χ1) is 9.92. The monoisotopic (exact) mass is 292 g/mol. The molecule has 0 amide bonds. The van der Waals surface area contributed by atoms with Crippen LogP contribution in [-0.4, -0.2) is 18.9 Å². The molecular formula is C18H28O3.